The third-order valence-electron chi connectivity index (χ3n) is 12.4. The van der Waals surface area contributed by atoms with Gasteiger partial charge < -0.3 is 18.7 Å². The van der Waals surface area contributed by atoms with Crippen LogP contribution in [0.15, 0.2) is 200 Å². The highest BCUT2D eigenvalue weighted by Gasteiger charge is 2.22. The molecule has 0 unspecified atom stereocenters. The van der Waals surface area contributed by atoms with E-state index >= 15 is 0 Å². The number of hydrogen-bond acceptors (Lipinski definition) is 0. The molecule has 4 nitrogen and oxygen atoms in total. The van der Waals surface area contributed by atoms with Crippen molar-refractivity contribution in [3.05, 3.63) is 200 Å². The van der Waals surface area contributed by atoms with Crippen LogP contribution in [-0.4, -0.2) is 18.7 Å². The molecule has 0 saturated heterocycles. The Labute approximate surface area is 333 Å². The molecule has 0 aliphatic carbocycles. The molecular weight excluding hydrogens is 705 g/mol. The molecule has 0 fully saturated rings. The largest absolute Gasteiger partial charge is 0.353 e. The van der Waals surface area contributed by atoms with Crippen molar-refractivity contribution >= 4 is 87.2 Å². The van der Waals surface area contributed by atoms with Gasteiger partial charge in [0, 0.05) is 65.7 Å². The fourth-order valence-corrected chi connectivity index (χ4v) is 9.86. The van der Waals surface area contributed by atoms with Crippen LogP contribution >= 0.6 is 0 Å². The first kappa shape index (κ1) is 31.4. The predicted octanol–water partition coefficient (Wildman–Crippen LogP) is 14.3. The summed E-state index contributed by atoms with van der Waals surface area (Å²) in [4.78, 5) is 3.77. The van der Waals surface area contributed by atoms with Gasteiger partial charge in [-0.25, -0.2) is 0 Å². The van der Waals surface area contributed by atoms with Crippen LogP contribution in [0.5, 0.6) is 0 Å². The van der Waals surface area contributed by atoms with Gasteiger partial charge in [-0.1, -0.05) is 140 Å². The van der Waals surface area contributed by atoms with E-state index in [9.17, 15) is 0 Å². The molecule has 0 radical (unpaired) electrons. The van der Waals surface area contributed by atoms with Gasteiger partial charge in [0.05, 0.1) is 38.6 Å². The SMILES string of the molecule is c1ccc(-n2c3ccccc3c3ccc4c5ccccc5n(-c5ccc(-c6ccc(-n7c8ccccc8c8ccc9c%10ccccc%10[nH]c9c87)cc6)cc5)c4c32)cc1. The molecule has 0 saturated carbocycles. The number of fused-ring (bicyclic) bond motifs is 14. The summed E-state index contributed by atoms with van der Waals surface area (Å²) in [5.74, 6) is 0. The minimum Gasteiger partial charge on any atom is -0.353 e. The molecule has 0 bridgehead atoms. The molecule has 0 aliphatic rings. The lowest BCUT2D eigenvalue weighted by Gasteiger charge is -2.13. The molecule has 13 rings (SSSR count). The fraction of sp³-hybridized carbons (Fsp3) is 0. The maximum Gasteiger partial charge on any atom is 0.0788 e. The summed E-state index contributed by atoms with van der Waals surface area (Å²) >= 11 is 0. The normalized spacial score (nSPS) is 12.1. The first-order valence-electron chi connectivity index (χ1n) is 19.9. The van der Waals surface area contributed by atoms with Crippen LogP contribution in [0.2, 0.25) is 0 Å². The molecule has 13 aromatic rings. The van der Waals surface area contributed by atoms with E-state index in [0.717, 1.165) is 22.6 Å². The molecule has 4 heteroatoms. The second kappa shape index (κ2) is 11.8. The van der Waals surface area contributed by atoms with Crippen molar-refractivity contribution in [2.75, 3.05) is 0 Å². The van der Waals surface area contributed by atoms with Crippen molar-refractivity contribution in [1.29, 1.82) is 0 Å². The van der Waals surface area contributed by atoms with Crippen LogP contribution in [0.25, 0.3) is 115 Å². The highest BCUT2D eigenvalue weighted by Crippen LogP contribution is 2.43. The van der Waals surface area contributed by atoms with E-state index in [0.29, 0.717) is 0 Å². The fourth-order valence-electron chi connectivity index (χ4n) is 9.86. The molecule has 9 aromatic carbocycles. The third kappa shape index (κ3) is 4.29. The van der Waals surface area contributed by atoms with Gasteiger partial charge in [-0.15, -0.1) is 0 Å². The van der Waals surface area contributed by atoms with E-state index in [2.05, 4.69) is 219 Å². The Balaban J connectivity index is 0.968. The van der Waals surface area contributed by atoms with Crippen LogP contribution in [0.4, 0.5) is 0 Å². The molecule has 0 amide bonds. The van der Waals surface area contributed by atoms with E-state index < -0.39 is 0 Å². The highest BCUT2D eigenvalue weighted by atomic mass is 15.0. The van der Waals surface area contributed by atoms with E-state index in [1.807, 2.05) is 0 Å². The van der Waals surface area contributed by atoms with Gasteiger partial charge in [0.1, 0.15) is 0 Å². The van der Waals surface area contributed by atoms with Crippen LogP contribution < -0.4 is 0 Å². The molecule has 0 atom stereocenters. The summed E-state index contributed by atoms with van der Waals surface area (Å²) in [6, 6.07) is 73.0. The second-order valence-corrected chi connectivity index (χ2v) is 15.4. The molecule has 4 heterocycles. The van der Waals surface area contributed by atoms with E-state index in [-0.39, 0.29) is 0 Å². The summed E-state index contributed by atoms with van der Waals surface area (Å²) in [7, 11) is 0. The number of rotatable bonds is 4. The van der Waals surface area contributed by atoms with Crippen molar-refractivity contribution < 1.29 is 0 Å². The molecule has 1 N–H and O–H groups in total. The minimum atomic E-state index is 1.14. The maximum atomic E-state index is 3.77. The average Bonchev–Trinajstić information content (AvgIpc) is 4.03. The van der Waals surface area contributed by atoms with Gasteiger partial charge in [-0.05, 0) is 71.8 Å². The Kier molecular flexibility index (Phi) is 6.41. The molecule has 4 aromatic heterocycles. The first-order valence-corrected chi connectivity index (χ1v) is 19.9. The zero-order valence-corrected chi connectivity index (χ0v) is 31.4. The second-order valence-electron chi connectivity index (χ2n) is 15.4. The first-order chi connectivity index (χ1) is 28.8. The Morgan fingerprint density at radius 2 is 0.638 bits per heavy atom. The number of nitrogens with zero attached hydrogens (tertiary/aromatic N) is 3. The predicted molar refractivity (Wildman–Crippen MR) is 244 cm³/mol. The van der Waals surface area contributed by atoms with Crippen LogP contribution in [0.1, 0.15) is 0 Å². The monoisotopic (exact) mass is 738 g/mol. The third-order valence-corrected chi connectivity index (χ3v) is 12.4. The van der Waals surface area contributed by atoms with Crippen LogP contribution in [0, 0.1) is 0 Å². The highest BCUT2D eigenvalue weighted by molar-refractivity contribution is 6.24. The molecule has 0 aliphatic heterocycles. The standard InChI is InChI=1S/C54H34N4/c1-2-12-36(13-3-1)57-49-20-10-6-16-41(49)45-32-33-46-42-17-7-11-21-50(42)58(54(46)53(45)57)38-28-24-35(25-29-38)34-22-26-37(27-23-34)56-48-19-9-5-15-40(48)44-31-30-43-39-14-4-8-18-47(39)55-51(43)52(44)56/h1-33,55H. The summed E-state index contributed by atoms with van der Waals surface area (Å²) in [6.45, 7) is 0. The Morgan fingerprint density at radius 3 is 1.16 bits per heavy atom. The summed E-state index contributed by atoms with van der Waals surface area (Å²) < 4.78 is 7.33. The van der Waals surface area contributed by atoms with Crippen LogP contribution in [-0.2, 0) is 0 Å². The lowest BCUT2D eigenvalue weighted by atomic mass is 10.0. The van der Waals surface area contributed by atoms with Gasteiger partial charge in [-0.3, -0.25) is 0 Å². The lowest BCUT2D eigenvalue weighted by molar-refractivity contribution is 1.15. The quantitative estimate of drug-likeness (QED) is 0.186. The van der Waals surface area contributed by atoms with Gasteiger partial charge in [0.15, 0.2) is 0 Å². The summed E-state index contributed by atoms with van der Waals surface area (Å²) in [6.07, 6.45) is 0. The van der Waals surface area contributed by atoms with Crippen molar-refractivity contribution in [2.45, 2.75) is 0 Å². The zero-order valence-electron chi connectivity index (χ0n) is 31.4. The Hall–Kier alpha value is -7.82. The Bertz CT molecular complexity index is 3760. The molecule has 0 spiro atoms. The smallest absolute Gasteiger partial charge is 0.0788 e. The topological polar surface area (TPSA) is 30.6 Å². The van der Waals surface area contributed by atoms with Crippen molar-refractivity contribution in [2.24, 2.45) is 0 Å². The summed E-state index contributed by atoms with van der Waals surface area (Å²) in [5, 5.41) is 10.0. The van der Waals surface area contributed by atoms with Crippen molar-refractivity contribution in [1.82, 2.24) is 18.7 Å². The number of para-hydroxylation sites is 5. The Morgan fingerprint density at radius 1 is 0.259 bits per heavy atom. The van der Waals surface area contributed by atoms with E-state index in [4.69, 9.17) is 0 Å². The maximum absolute atomic E-state index is 3.77. The molecule has 58 heavy (non-hydrogen) atoms. The number of nitrogens with one attached hydrogen (secondary N) is 1. The number of aromatic amines is 1. The van der Waals surface area contributed by atoms with E-state index in [1.165, 1.54) is 92.8 Å². The number of aromatic nitrogens is 4. The van der Waals surface area contributed by atoms with Crippen LogP contribution in [0.3, 0.4) is 0 Å². The zero-order chi connectivity index (χ0) is 37.9. The number of hydrogen-bond donors (Lipinski definition) is 1. The van der Waals surface area contributed by atoms with Gasteiger partial charge in [0.25, 0.3) is 0 Å². The van der Waals surface area contributed by atoms with Crippen molar-refractivity contribution in [3.63, 3.8) is 0 Å². The average molecular weight is 739 g/mol. The number of H-pyrrole nitrogens is 1. The van der Waals surface area contributed by atoms with Gasteiger partial charge in [0.2, 0.25) is 0 Å². The summed E-state index contributed by atoms with van der Waals surface area (Å²) in [5.41, 5.74) is 15.4. The van der Waals surface area contributed by atoms with Gasteiger partial charge >= 0.3 is 0 Å². The van der Waals surface area contributed by atoms with E-state index in [1.54, 1.807) is 0 Å². The van der Waals surface area contributed by atoms with Crippen molar-refractivity contribution in [3.8, 4) is 28.2 Å². The van der Waals surface area contributed by atoms with Gasteiger partial charge in [-0.2, -0.15) is 0 Å². The molecular formula is C54H34N4. The molecule has 270 valence electrons. The lowest BCUT2D eigenvalue weighted by Crippen LogP contribution is -1.98. The minimum absolute atomic E-state index is 1.14. The number of benzene rings is 9.